The normalized spacial score (nSPS) is 32.6. The molecule has 3 heteroatoms. The van der Waals surface area contributed by atoms with Crippen LogP contribution in [0.25, 0.3) is 0 Å². The number of thioether (sulfide) groups is 1. The van der Waals surface area contributed by atoms with Crippen LogP contribution in [0.3, 0.4) is 0 Å². The maximum absolute atomic E-state index is 5.97. The fourth-order valence-electron chi connectivity index (χ4n) is 2.55. The molecule has 0 aliphatic carbocycles. The van der Waals surface area contributed by atoms with Gasteiger partial charge in [0.2, 0.25) is 0 Å². The van der Waals surface area contributed by atoms with E-state index in [1.165, 1.54) is 25.9 Å². The molecule has 0 spiro atoms. The Bertz CT molecular complexity index is 188. The van der Waals surface area contributed by atoms with Crippen LogP contribution in [0.1, 0.15) is 40.5 Å². The van der Waals surface area contributed by atoms with Gasteiger partial charge in [0, 0.05) is 35.7 Å². The van der Waals surface area contributed by atoms with E-state index in [-0.39, 0.29) is 5.54 Å². The highest BCUT2D eigenvalue weighted by Crippen LogP contribution is 2.31. The average Bonchev–Trinajstić information content (AvgIpc) is 2.16. The number of rotatable bonds is 4. The minimum Gasteiger partial charge on any atom is -0.329 e. The maximum atomic E-state index is 5.97. The molecule has 0 saturated carbocycles. The van der Waals surface area contributed by atoms with Gasteiger partial charge in [-0.1, -0.05) is 27.2 Å². The van der Waals surface area contributed by atoms with Crippen molar-refractivity contribution >= 4 is 11.8 Å². The predicted octanol–water partition coefficient (Wildman–Crippen LogP) is 2.33. The molecule has 1 aliphatic heterocycles. The zero-order valence-corrected chi connectivity index (χ0v) is 11.4. The van der Waals surface area contributed by atoms with E-state index in [9.17, 15) is 0 Å². The summed E-state index contributed by atoms with van der Waals surface area (Å²) in [6.45, 7) is 12.4. The summed E-state index contributed by atoms with van der Waals surface area (Å²) < 4.78 is 0. The predicted molar refractivity (Wildman–Crippen MR) is 70.5 cm³/mol. The van der Waals surface area contributed by atoms with Crippen LogP contribution in [-0.4, -0.2) is 40.6 Å². The lowest BCUT2D eigenvalue weighted by Crippen LogP contribution is -2.57. The average molecular weight is 230 g/mol. The highest BCUT2D eigenvalue weighted by atomic mass is 32.2. The van der Waals surface area contributed by atoms with Crippen molar-refractivity contribution in [3.8, 4) is 0 Å². The van der Waals surface area contributed by atoms with Gasteiger partial charge < -0.3 is 5.73 Å². The molecule has 2 nitrogen and oxygen atoms in total. The van der Waals surface area contributed by atoms with E-state index in [1.54, 1.807) is 0 Å². The third-order valence-electron chi connectivity index (χ3n) is 3.41. The molecule has 0 aromatic rings. The highest BCUT2D eigenvalue weighted by Gasteiger charge is 2.34. The third-order valence-corrected chi connectivity index (χ3v) is 4.64. The van der Waals surface area contributed by atoms with Gasteiger partial charge in [0.05, 0.1) is 0 Å². The van der Waals surface area contributed by atoms with E-state index < -0.39 is 0 Å². The van der Waals surface area contributed by atoms with Crippen molar-refractivity contribution in [2.45, 2.75) is 56.6 Å². The lowest BCUT2D eigenvalue weighted by molar-refractivity contribution is 0.0986. The first-order chi connectivity index (χ1) is 7.01. The SMILES string of the molecule is CCCC(C)(CN)N1CC(C)SC(C)C1. The number of nitrogens with two attached hydrogens (primary N) is 1. The molecule has 1 heterocycles. The molecule has 1 saturated heterocycles. The minimum absolute atomic E-state index is 0.220. The van der Waals surface area contributed by atoms with Gasteiger partial charge in [-0.2, -0.15) is 11.8 Å². The first kappa shape index (κ1) is 13.3. The fraction of sp³-hybridized carbons (Fsp3) is 1.00. The van der Waals surface area contributed by atoms with Crippen LogP contribution in [0.5, 0.6) is 0 Å². The second kappa shape index (κ2) is 5.55. The monoisotopic (exact) mass is 230 g/mol. The van der Waals surface area contributed by atoms with E-state index in [1.807, 2.05) is 0 Å². The summed E-state index contributed by atoms with van der Waals surface area (Å²) in [5.41, 5.74) is 6.19. The molecule has 0 aromatic heterocycles. The summed E-state index contributed by atoms with van der Waals surface area (Å²) in [6.07, 6.45) is 2.44. The van der Waals surface area contributed by atoms with Crippen LogP contribution in [0.2, 0.25) is 0 Å². The van der Waals surface area contributed by atoms with Crippen molar-refractivity contribution in [1.82, 2.24) is 4.90 Å². The Kier molecular flexibility index (Phi) is 4.94. The maximum Gasteiger partial charge on any atom is 0.0304 e. The number of hydrogen-bond acceptors (Lipinski definition) is 3. The van der Waals surface area contributed by atoms with E-state index in [0.29, 0.717) is 0 Å². The van der Waals surface area contributed by atoms with Crippen LogP contribution >= 0.6 is 11.8 Å². The first-order valence-corrected chi connectivity index (χ1v) is 7.06. The molecule has 0 radical (unpaired) electrons. The smallest absolute Gasteiger partial charge is 0.0304 e. The Morgan fingerprint density at radius 3 is 2.27 bits per heavy atom. The molecule has 0 bridgehead atoms. The van der Waals surface area contributed by atoms with Crippen LogP contribution in [0, 0.1) is 0 Å². The van der Waals surface area contributed by atoms with Gasteiger partial charge in [-0.25, -0.2) is 0 Å². The summed E-state index contributed by atoms with van der Waals surface area (Å²) in [4.78, 5) is 2.61. The molecular formula is C12H26N2S. The molecule has 90 valence electrons. The Morgan fingerprint density at radius 1 is 1.33 bits per heavy atom. The van der Waals surface area contributed by atoms with E-state index >= 15 is 0 Å². The Balaban J connectivity index is 2.66. The topological polar surface area (TPSA) is 29.3 Å². The molecule has 1 fully saturated rings. The van der Waals surface area contributed by atoms with Crippen LogP contribution in [0.4, 0.5) is 0 Å². The molecule has 2 N–H and O–H groups in total. The van der Waals surface area contributed by atoms with Crippen molar-refractivity contribution in [3.05, 3.63) is 0 Å². The first-order valence-electron chi connectivity index (χ1n) is 6.12. The van der Waals surface area contributed by atoms with Crippen LogP contribution in [-0.2, 0) is 0 Å². The van der Waals surface area contributed by atoms with Crippen molar-refractivity contribution in [3.63, 3.8) is 0 Å². The van der Waals surface area contributed by atoms with Crippen LogP contribution in [0.15, 0.2) is 0 Å². The van der Waals surface area contributed by atoms with Crippen LogP contribution < -0.4 is 5.73 Å². The van der Waals surface area contributed by atoms with E-state index in [2.05, 4.69) is 44.4 Å². The fourth-order valence-corrected chi connectivity index (χ4v) is 3.87. The molecular weight excluding hydrogens is 204 g/mol. The van der Waals surface area contributed by atoms with E-state index in [0.717, 1.165) is 17.0 Å². The summed E-state index contributed by atoms with van der Waals surface area (Å²) >= 11 is 2.11. The van der Waals surface area contributed by atoms with Crippen molar-refractivity contribution < 1.29 is 0 Å². The second-order valence-electron chi connectivity index (χ2n) is 5.11. The third kappa shape index (κ3) is 3.36. The van der Waals surface area contributed by atoms with Gasteiger partial charge in [0.1, 0.15) is 0 Å². The zero-order chi connectivity index (χ0) is 11.5. The Morgan fingerprint density at radius 2 is 1.87 bits per heavy atom. The largest absolute Gasteiger partial charge is 0.329 e. The van der Waals surface area contributed by atoms with Crippen molar-refractivity contribution in [2.24, 2.45) is 5.73 Å². The summed E-state index contributed by atoms with van der Waals surface area (Å²) in [5, 5.41) is 1.49. The molecule has 15 heavy (non-hydrogen) atoms. The van der Waals surface area contributed by atoms with Gasteiger partial charge in [0.25, 0.3) is 0 Å². The molecule has 3 atom stereocenters. The van der Waals surface area contributed by atoms with Crippen molar-refractivity contribution in [2.75, 3.05) is 19.6 Å². The zero-order valence-electron chi connectivity index (χ0n) is 10.6. The van der Waals surface area contributed by atoms with Gasteiger partial charge in [-0.3, -0.25) is 4.90 Å². The number of hydrogen-bond donors (Lipinski definition) is 1. The molecule has 0 amide bonds. The lowest BCUT2D eigenvalue weighted by Gasteiger charge is -2.46. The molecule has 0 aromatic carbocycles. The quantitative estimate of drug-likeness (QED) is 0.804. The molecule has 1 rings (SSSR count). The molecule has 1 aliphatic rings. The van der Waals surface area contributed by atoms with Crippen molar-refractivity contribution in [1.29, 1.82) is 0 Å². The van der Waals surface area contributed by atoms with Gasteiger partial charge in [0.15, 0.2) is 0 Å². The summed E-state index contributed by atoms with van der Waals surface area (Å²) in [6, 6.07) is 0. The number of nitrogens with zero attached hydrogens (tertiary/aromatic N) is 1. The Labute approximate surface area is 99.0 Å². The van der Waals surface area contributed by atoms with Gasteiger partial charge in [-0.05, 0) is 13.3 Å². The van der Waals surface area contributed by atoms with E-state index in [4.69, 9.17) is 5.73 Å². The summed E-state index contributed by atoms with van der Waals surface area (Å²) in [7, 11) is 0. The second-order valence-corrected chi connectivity index (χ2v) is 7.00. The van der Waals surface area contributed by atoms with Gasteiger partial charge >= 0.3 is 0 Å². The lowest BCUT2D eigenvalue weighted by atomic mass is 9.93. The standard InChI is InChI=1S/C12H26N2S/c1-5-6-12(4,9-13)14-7-10(2)15-11(3)8-14/h10-11H,5-9,13H2,1-4H3. The molecule has 3 unspecified atom stereocenters. The Hall–Kier alpha value is 0.270. The van der Waals surface area contributed by atoms with Gasteiger partial charge in [-0.15, -0.1) is 0 Å². The summed E-state index contributed by atoms with van der Waals surface area (Å²) in [5.74, 6) is 0. The minimum atomic E-state index is 0.220. The highest BCUT2D eigenvalue weighted by molar-refractivity contribution is 8.00.